The fourth-order valence-corrected chi connectivity index (χ4v) is 4.10. The van der Waals surface area contributed by atoms with E-state index in [4.69, 9.17) is 9.97 Å². The van der Waals surface area contributed by atoms with E-state index in [-0.39, 0.29) is 0 Å². The number of para-hydroxylation sites is 1. The maximum absolute atomic E-state index is 4.91. The average molecular weight is 419 g/mol. The topological polar surface area (TPSA) is 47.5 Å². The van der Waals surface area contributed by atoms with Crippen LogP contribution in [0.4, 0.5) is 11.5 Å². The van der Waals surface area contributed by atoms with Crippen molar-refractivity contribution in [1.29, 1.82) is 0 Å². The molecule has 2 aromatic carbocycles. The number of hydrogen-bond acceptors (Lipinski definition) is 6. The second kappa shape index (κ2) is 10.1. The van der Waals surface area contributed by atoms with Gasteiger partial charge in [-0.15, -0.1) is 0 Å². The number of nitrogens with one attached hydrogen (secondary N) is 1. The highest BCUT2D eigenvalue weighted by atomic mass is 15.2. The van der Waals surface area contributed by atoms with Crippen LogP contribution in [0.2, 0.25) is 0 Å². The van der Waals surface area contributed by atoms with E-state index in [9.17, 15) is 0 Å². The molecule has 4 rings (SSSR count). The number of piperazine rings is 1. The van der Waals surface area contributed by atoms with E-state index in [1.165, 1.54) is 5.69 Å². The zero-order valence-electron chi connectivity index (χ0n) is 19.0. The van der Waals surface area contributed by atoms with E-state index in [0.29, 0.717) is 0 Å². The Morgan fingerprint density at radius 1 is 0.903 bits per heavy atom. The third kappa shape index (κ3) is 5.14. The molecule has 1 aliphatic heterocycles. The van der Waals surface area contributed by atoms with Crippen LogP contribution in [0.5, 0.6) is 0 Å². The molecule has 1 saturated heterocycles. The number of aromatic nitrogens is 2. The number of fused-ring (bicyclic) bond motifs is 1. The number of hydrogen-bond donors (Lipinski definition) is 1. The first-order valence-corrected chi connectivity index (χ1v) is 11.4. The molecule has 0 aliphatic carbocycles. The number of benzene rings is 2. The Labute approximate surface area is 185 Å². The fourth-order valence-electron chi connectivity index (χ4n) is 4.10. The van der Waals surface area contributed by atoms with Crippen LogP contribution in [0.15, 0.2) is 48.5 Å². The van der Waals surface area contributed by atoms with E-state index in [1.54, 1.807) is 0 Å². The zero-order valence-corrected chi connectivity index (χ0v) is 19.0. The summed E-state index contributed by atoms with van der Waals surface area (Å²) in [6.45, 7) is 12.8. The highest BCUT2D eigenvalue weighted by molar-refractivity contribution is 5.90. The Hall–Kier alpha value is -2.70. The number of nitrogens with zero attached hydrogens (tertiary/aromatic N) is 5. The highest BCUT2D eigenvalue weighted by Crippen LogP contribution is 2.26. The zero-order chi connectivity index (χ0) is 21.6. The molecule has 164 valence electrons. The maximum atomic E-state index is 4.91. The molecule has 6 nitrogen and oxygen atoms in total. The molecule has 0 bridgehead atoms. The van der Waals surface area contributed by atoms with Gasteiger partial charge in [-0.1, -0.05) is 26.0 Å². The van der Waals surface area contributed by atoms with Crippen LogP contribution in [0, 0.1) is 0 Å². The van der Waals surface area contributed by atoms with Crippen molar-refractivity contribution in [1.82, 2.24) is 19.8 Å². The summed E-state index contributed by atoms with van der Waals surface area (Å²) in [5.74, 6) is 1.69. The van der Waals surface area contributed by atoms with Crippen molar-refractivity contribution in [2.45, 2.75) is 13.8 Å². The summed E-state index contributed by atoms with van der Waals surface area (Å²) in [5, 5.41) is 4.63. The molecule has 0 atom stereocenters. The van der Waals surface area contributed by atoms with Crippen LogP contribution >= 0.6 is 0 Å². The first-order valence-electron chi connectivity index (χ1n) is 11.4. The van der Waals surface area contributed by atoms with Crippen molar-refractivity contribution in [3.8, 4) is 11.4 Å². The third-order valence-electron chi connectivity index (χ3n) is 6.21. The lowest BCUT2D eigenvalue weighted by Crippen LogP contribution is -2.44. The SMILES string of the molecule is CCN(CC)CCNc1nc(-c2ccc(N3CCN(C)CC3)cc2)nc2ccccc12. The molecule has 0 radical (unpaired) electrons. The van der Waals surface area contributed by atoms with Gasteiger partial charge in [0.05, 0.1) is 5.52 Å². The van der Waals surface area contributed by atoms with Crippen LogP contribution in [0.1, 0.15) is 13.8 Å². The summed E-state index contributed by atoms with van der Waals surface area (Å²) >= 11 is 0. The van der Waals surface area contributed by atoms with E-state index >= 15 is 0 Å². The Bertz CT molecular complexity index is 975. The van der Waals surface area contributed by atoms with Crippen LogP contribution in [-0.4, -0.2) is 79.2 Å². The van der Waals surface area contributed by atoms with Crippen molar-refractivity contribution in [2.75, 3.05) is 69.6 Å². The van der Waals surface area contributed by atoms with Gasteiger partial charge in [0.15, 0.2) is 5.82 Å². The van der Waals surface area contributed by atoms with E-state index in [1.807, 2.05) is 12.1 Å². The Kier molecular flexibility index (Phi) is 6.99. The van der Waals surface area contributed by atoms with Crippen molar-refractivity contribution in [3.63, 3.8) is 0 Å². The van der Waals surface area contributed by atoms with Crippen molar-refractivity contribution in [2.24, 2.45) is 0 Å². The van der Waals surface area contributed by atoms with Gasteiger partial charge in [0, 0.05) is 55.9 Å². The highest BCUT2D eigenvalue weighted by Gasteiger charge is 2.15. The molecular weight excluding hydrogens is 384 g/mol. The van der Waals surface area contributed by atoms with E-state index in [0.717, 1.165) is 80.5 Å². The summed E-state index contributed by atoms with van der Waals surface area (Å²) < 4.78 is 0. The molecule has 0 unspecified atom stereocenters. The van der Waals surface area contributed by atoms with Gasteiger partial charge in [0.1, 0.15) is 5.82 Å². The van der Waals surface area contributed by atoms with Gasteiger partial charge in [0.25, 0.3) is 0 Å². The first-order chi connectivity index (χ1) is 15.2. The van der Waals surface area contributed by atoms with Gasteiger partial charge >= 0.3 is 0 Å². The van der Waals surface area contributed by atoms with Gasteiger partial charge in [-0.25, -0.2) is 9.97 Å². The average Bonchev–Trinajstić information content (AvgIpc) is 2.82. The number of rotatable bonds is 8. The van der Waals surface area contributed by atoms with Crippen molar-refractivity contribution < 1.29 is 0 Å². The molecule has 31 heavy (non-hydrogen) atoms. The molecule has 1 aliphatic rings. The summed E-state index contributed by atoms with van der Waals surface area (Å²) in [7, 11) is 2.19. The monoisotopic (exact) mass is 418 g/mol. The van der Waals surface area contributed by atoms with Crippen molar-refractivity contribution in [3.05, 3.63) is 48.5 Å². The third-order valence-corrected chi connectivity index (χ3v) is 6.21. The molecule has 1 N–H and O–H groups in total. The van der Waals surface area contributed by atoms with Gasteiger partial charge in [-0.3, -0.25) is 0 Å². The molecule has 2 heterocycles. The van der Waals surface area contributed by atoms with Gasteiger partial charge in [-0.2, -0.15) is 0 Å². The summed E-state index contributed by atoms with van der Waals surface area (Å²) in [5.41, 5.74) is 3.30. The summed E-state index contributed by atoms with van der Waals surface area (Å²) in [4.78, 5) is 17.0. The summed E-state index contributed by atoms with van der Waals surface area (Å²) in [6.07, 6.45) is 0. The van der Waals surface area contributed by atoms with E-state index < -0.39 is 0 Å². The quantitative estimate of drug-likeness (QED) is 0.600. The smallest absolute Gasteiger partial charge is 0.162 e. The normalized spacial score (nSPS) is 15.0. The summed E-state index contributed by atoms with van der Waals surface area (Å²) in [6, 6.07) is 16.9. The largest absolute Gasteiger partial charge is 0.369 e. The molecule has 3 aromatic rings. The van der Waals surface area contributed by atoms with Crippen molar-refractivity contribution >= 4 is 22.4 Å². The fraction of sp³-hybridized carbons (Fsp3) is 0.440. The molecule has 6 heteroatoms. The predicted octanol–water partition coefficient (Wildman–Crippen LogP) is 3.80. The Morgan fingerprint density at radius 3 is 2.32 bits per heavy atom. The lowest BCUT2D eigenvalue weighted by atomic mass is 10.1. The molecular formula is C25H34N6. The number of likely N-dealkylation sites (N-methyl/N-ethyl adjacent to an activating group) is 2. The molecule has 0 saturated carbocycles. The van der Waals surface area contributed by atoms with Gasteiger partial charge in [0.2, 0.25) is 0 Å². The Morgan fingerprint density at radius 2 is 1.61 bits per heavy atom. The predicted molar refractivity (Wildman–Crippen MR) is 131 cm³/mol. The van der Waals surface area contributed by atoms with Crippen LogP contribution in [0.25, 0.3) is 22.3 Å². The lowest BCUT2D eigenvalue weighted by molar-refractivity contribution is 0.313. The second-order valence-electron chi connectivity index (χ2n) is 8.20. The van der Waals surface area contributed by atoms with Gasteiger partial charge < -0.3 is 20.0 Å². The minimum Gasteiger partial charge on any atom is -0.369 e. The maximum Gasteiger partial charge on any atom is 0.162 e. The van der Waals surface area contributed by atoms with Crippen LogP contribution < -0.4 is 10.2 Å². The molecule has 1 fully saturated rings. The lowest BCUT2D eigenvalue weighted by Gasteiger charge is -2.34. The van der Waals surface area contributed by atoms with Crippen LogP contribution in [0.3, 0.4) is 0 Å². The second-order valence-corrected chi connectivity index (χ2v) is 8.20. The van der Waals surface area contributed by atoms with Gasteiger partial charge in [-0.05, 0) is 56.5 Å². The first kappa shape index (κ1) is 21.5. The molecule has 0 amide bonds. The standard InChI is InChI=1S/C25H34N6/c1-4-30(5-2)15-14-26-25-22-8-6-7-9-23(22)27-24(28-25)20-10-12-21(13-11-20)31-18-16-29(3)17-19-31/h6-13H,4-5,14-19H2,1-3H3,(H,26,27,28). The minimum atomic E-state index is 0.772. The minimum absolute atomic E-state index is 0.772. The molecule has 1 aromatic heterocycles. The Balaban J connectivity index is 1.56. The van der Waals surface area contributed by atoms with Crippen LogP contribution in [-0.2, 0) is 0 Å². The molecule has 0 spiro atoms. The van der Waals surface area contributed by atoms with E-state index in [2.05, 4.69) is 77.3 Å². The number of anilines is 2.